The van der Waals surface area contributed by atoms with E-state index < -0.39 is 0 Å². The van der Waals surface area contributed by atoms with Crippen LogP contribution in [-0.4, -0.2) is 12.5 Å². The smallest absolute Gasteiger partial charge is 0.262 e. The van der Waals surface area contributed by atoms with Crippen molar-refractivity contribution in [2.45, 2.75) is 32.7 Å². The highest BCUT2D eigenvalue weighted by Gasteiger charge is 2.13. The molecule has 4 nitrogen and oxygen atoms in total. The van der Waals surface area contributed by atoms with E-state index in [4.69, 9.17) is 4.74 Å². The molecule has 2 aromatic rings. The summed E-state index contributed by atoms with van der Waals surface area (Å²) in [5, 5.41) is 12.2. The first kappa shape index (κ1) is 19.3. The van der Waals surface area contributed by atoms with Crippen LogP contribution in [-0.2, 0) is 4.79 Å². The summed E-state index contributed by atoms with van der Waals surface area (Å²) in [5.41, 5.74) is 1.85. The van der Waals surface area contributed by atoms with Gasteiger partial charge >= 0.3 is 0 Å². The molecule has 1 atom stereocenters. The Labute approximate surface area is 155 Å². The lowest BCUT2D eigenvalue weighted by molar-refractivity contribution is -0.117. The van der Waals surface area contributed by atoms with Crippen molar-refractivity contribution >= 4 is 12.0 Å². The Morgan fingerprint density at radius 1 is 1.19 bits per heavy atom. The van der Waals surface area contributed by atoms with Crippen molar-refractivity contribution in [3.63, 3.8) is 0 Å². The van der Waals surface area contributed by atoms with Crippen molar-refractivity contribution < 1.29 is 9.53 Å². The van der Waals surface area contributed by atoms with E-state index in [0.717, 1.165) is 29.7 Å². The Morgan fingerprint density at radius 3 is 2.50 bits per heavy atom. The minimum atomic E-state index is -0.382. The van der Waals surface area contributed by atoms with E-state index in [-0.39, 0.29) is 17.5 Å². The zero-order chi connectivity index (χ0) is 18.8. The van der Waals surface area contributed by atoms with E-state index in [1.807, 2.05) is 67.6 Å². The predicted octanol–water partition coefficient (Wildman–Crippen LogP) is 4.65. The minimum Gasteiger partial charge on any atom is -0.494 e. The first-order valence-corrected chi connectivity index (χ1v) is 8.84. The lowest BCUT2D eigenvalue weighted by Gasteiger charge is -2.13. The zero-order valence-corrected chi connectivity index (χ0v) is 15.2. The molecule has 0 aliphatic carbocycles. The van der Waals surface area contributed by atoms with E-state index in [0.29, 0.717) is 6.61 Å². The summed E-state index contributed by atoms with van der Waals surface area (Å²) in [6.45, 7) is 4.70. The third kappa shape index (κ3) is 5.78. The van der Waals surface area contributed by atoms with Crippen molar-refractivity contribution in [2.24, 2.45) is 0 Å². The van der Waals surface area contributed by atoms with Crippen LogP contribution in [0, 0.1) is 11.3 Å². The van der Waals surface area contributed by atoms with Gasteiger partial charge in [-0.2, -0.15) is 5.26 Å². The van der Waals surface area contributed by atoms with Gasteiger partial charge in [-0.1, -0.05) is 55.8 Å². The van der Waals surface area contributed by atoms with Gasteiger partial charge in [0.1, 0.15) is 17.4 Å². The number of hydrogen-bond acceptors (Lipinski definition) is 3. The number of nitriles is 1. The second kappa shape index (κ2) is 10.0. The van der Waals surface area contributed by atoms with Gasteiger partial charge < -0.3 is 10.1 Å². The number of carbonyl (C=O) groups excluding carboxylic acids is 1. The fourth-order valence-corrected chi connectivity index (χ4v) is 2.41. The van der Waals surface area contributed by atoms with E-state index >= 15 is 0 Å². The van der Waals surface area contributed by atoms with Crippen LogP contribution in [0.4, 0.5) is 0 Å². The van der Waals surface area contributed by atoms with Crippen LogP contribution in [0.3, 0.4) is 0 Å². The highest BCUT2D eigenvalue weighted by Crippen LogP contribution is 2.16. The SMILES string of the molecule is CCCCOc1ccc(/C=C(/C#N)C(=O)N[C@@H](C)c2ccccc2)cc1. The quantitative estimate of drug-likeness (QED) is 0.429. The molecule has 26 heavy (non-hydrogen) atoms. The van der Waals surface area contributed by atoms with Gasteiger partial charge in [0.25, 0.3) is 5.91 Å². The molecule has 134 valence electrons. The number of unbranched alkanes of at least 4 members (excludes halogenated alkanes) is 1. The van der Waals surface area contributed by atoms with Gasteiger partial charge in [-0.25, -0.2) is 0 Å². The summed E-state index contributed by atoms with van der Waals surface area (Å²) in [5.74, 6) is 0.406. The number of benzene rings is 2. The average Bonchev–Trinajstić information content (AvgIpc) is 2.68. The topological polar surface area (TPSA) is 62.1 Å². The van der Waals surface area contributed by atoms with Crippen LogP contribution >= 0.6 is 0 Å². The Morgan fingerprint density at radius 2 is 1.88 bits per heavy atom. The molecule has 1 N–H and O–H groups in total. The summed E-state index contributed by atoms with van der Waals surface area (Å²) in [6.07, 6.45) is 3.69. The zero-order valence-electron chi connectivity index (χ0n) is 15.2. The molecule has 0 bridgehead atoms. The standard InChI is InChI=1S/C22H24N2O2/c1-3-4-14-26-21-12-10-18(11-13-21)15-20(16-23)22(25)24-17(2)19-8-6-5-7-9-19/h5-13,15,17H,3-4,14H2,1-2H3,(H,24,25)/b20-15-/t17-/m0/s1. The summed E-state index contributed by atoms with van der Waals surface area (Å²) >= 11 is 0. The molecule has 0 unspecified atom stereocenters. The van der Waals surface area contributed by atoms with Gasteiger partial charge in [-0.3, -0.25) is 4.79 Å². The lowest BCUT2D eigenvalue weighted by atomic mass is 10.1. The van der Waals surface area contributed by atoms with Crippen molar-refractivity contribution in [3.05, 3.63) is 71.3 Å². The van der Waals surface area contributed by atoms with Crippen molar-refractivity contribution in [2.75, 3.05) is 6.61 Å². The van der Waals surface area contributed by atoms with Gasteiger partial charge in [0.05, 0.1) is 12.6 Å². The Hall–Kier alpha value is -3.06. The molecule has 0 fully saturated rings. The number of amides is 1. The highest BCUT2D eigenvalue weighted by atomic mass is 16.5. The molecule has 2 rings (SSSR count). The summed E-state index contributed by atoms with van der Waals surface area (Å²) in [6, 6.07) is 18.8. The maximum atomic E-state index is 12.4. The number of nitrogens with one attached hydrogen (secondary N) is 1. The molecule has 2 aromatic carbocycles. The maximum absolute atomic E-state index is 12.4. The van der Waals surface area contributed by atoms with Crippen LogP contribution in [0.15, 0.2) is 60.2 Å². The monoisotopic (exact) mass is 348 g/mol. The molecule has 0 aromatic heterocycles. The Kier molecular flexibility index (Phi) is 7.45. The van der Waals surface area contributed by atoms with E-state index in [1.165, 1.54) is 0 Å². The van der Waals surface area contributed by atoms with Crippen LogP contribution in [0.2, 0.25) is 0 Å². The predicted molar refractivity (Wildman–Crippen MR) is 103 cm³/mol. The molecular weight excluding hydrogens is 324 g/mol. The number of ether oxygens (including phenoxy) is 1. The Bertz CT molecular complexity index is 774. The van der Waals surface area contributed by atoms with Crippen molar-refractivity contribution in [1.29, 1.82) is 5.26 Å². The van der Waals surface area contributed by atoms with Crippen LogP contribution in [0.1, 0.15) is 43.9 Å². The molecule has 0 spiro atoms. The van der Waals surface area contributed by atoms with Crippen molar-refractivity contribution in [1.82, 2.24) is 5.32 Å². The molecule has 0 aliphatic rings. The van der Waals surface area contributed by atoms with Crippen LogP contribution < -0.4 is 10.1 Å². The second-order valence-electron chi connectivity index (χ2n) is 6.05. The number of hydrogen-bond donors (Lipinski definition) is 1. The molecule has 0 saturated heterocycles. The number of rotatable bonds is 8. The summed E-state index contributed by atoms with van der Waals surface area (Å²) in [7, 11) is 0. The number of nitrogens with zero attached hydrogens (tertiary/aromatic N) is 1. The highest BCUT2D eigenvalue weighted by molar-refractivity contribution is 6.01. The summed E-state index contributed by atoms with van der Waals surface area (Å²) < 4.78 is 5.62. The Balaban J connectivity index is 2.02. The first-order valence-electron chi connectivity index (χ1n) is 8.84. The maximum Gasteiger partial charge on any atom is 0.262 e. The lowest BCUT2D eigenvalue weighted by Crippen LogP contribution is -2.27. The van der Waals surface area contributed by atoms with E-state index in [9.17, 15) is 10.1 Å². The van der Waals surface area contributed by atoms with Gasteiger partial charge in [0, 0.05) is 0 Å². The van der Waals surface area contributed by atoms with E-state index in [1.54, 1.807) is 6.08 Å². The molecule has 0 aliphatic heterocycles. The number of carbonyl (C=O) groups is 1. The molecule has 1 amide bonds. The minimum absolute atomic E-state index is 0.0763. The third-order valence-corrected chi connectivity index (χ3v) is 3.97. The fourth-order valence-electron chi connectivity index (χ4n) is 2.41. The van der Waals surface area contributed by atoms with Crippen molar-refractivity contribution in [3.8, 4) is 11.8 Å². The second-order valence-corrected chi connectivity index (χ2v) is 6.05. The van der Waals surface area contributed by atoms with Gasteiger partial charge in [0.2, 0.25) is 0 Å². The van der Waals surface area contributed by atoms with Gasteiger partial charge in [0.15, 0.2) is 0 Å². The molecular formula is C22H24N2O2. The molecule has 4 heteroatoms. The van der Waals surface area contributed by atoms with Gasteiger partial charge in [-0.05, 0) is 42.7 Å². The van der Waals surface area contributed by atoms with Gasteiger partial charge in [-0.15, -0.1) is 0 Å². The first-order chi connectivity index (χ1) is 12.6. The average molecular weight is 348 g/mol. The normalized spacial score (nSPS) is 12.1. The molecule has 0 saturated carbocycles. The third-order valence-electron chi connectivity index (χ3n) is 3.97. The largest absolute Gasteiger partial charge is 0.494 e. The van der Waals surface area contributed by atoms with Crippen LogP contribution in [0.5, 0.6) is 5.75 Å². The van der Waals surface area contributed by atoms with E-state index in [2.05, 4.69) is 12.2 Å². The molecule has 0 heterocycles. The van der Waals surface area contributed by atoms with Crippen LogP contribution in [0.25, 0.3) is 6.08 Å². The molecule has 0 radical (unpaired) electrons. The fraction of sp³-hybridized carbons (Fsp3) is 0.273. The summed E-state index contributed by atoms with van der Waals surface area (Å²) in [4.78, 5) is 12.4.